The van der Waals surface area contributed by atoms with Gasteiger partial charge in [0.1, 0.15) is 11.6 Å². The third-order valence-corrected chi connectivity index (χ3v) is 5.46. The van der Waals surface area contributed by atoms with E-state index in [2.05, 4.69) is 29.4 Å². The molecule has 0 aliphatic heterocycles. The molecule has 1 aliphatic carbocycles. The third kappa shape index (κ3) is 3.50. The minimum atomic E-state index is -0.578. The summed E-state index contributed by atoms with van der Waals surface area (Å²) in [6, 6.07) is 6.38. The Kier molecular flexibility index (Phi) is 5.39. The van der Waals surface area contributed by atoms with Gasteiger partial charge in [0, 0.05) is 13.0 Å². The van der Waals surface area contributed by atoms with Crippen molar-refractivity contribution < 1.29 is 9.18 Å². The van der Waals surface area contributed by atoms with E-state index in [0.717, 1.165) is 49.3 Å². The number of nitrogens with one attached hydrogen (secondary N) is 1. The van der Waals surface area contributed by atoms with Crippen molar-refractivity contribution in [3.8, 4) is 0 Å². The maximum absolute atomic E-state index is 13.3. The van der Waals surface area contributed by atoms with Crippen LogP contribution in [-0.2, 0) is 23.8 Å². The molecule has 1 aliphatic rings. The van der Waals surface area contributed by atoms with Gasteiger partial charge in [0.2, 0.25) is 5.91 Å². The Bertz CT molecular complexity index is 761. The number of carbonyl (C=O) groups is 1. The smallest absolute Gasteiger partial charge is 0.231 e. The summed E-state index contributed by atoms with van der Waals surface area (Å²) in [5.74, 6) is 1.64. The van der Waals surface area contributed by atoms with Gasteiger partial charge in [-0.3, -0.25) is 4.79 Å². The van der Waals surface area contributed by atoms with Crippen LogP contribution in [0, 0.1) is 5.82 Å². The first-order valence-corrected chi connectivity index (χ1v) is 9.36. The summed E-state index contributed by atoms with van der Waals surface area (Å²) in [5, 5.41) is 11.5. The highest BCUT2D eigenvalue weighted by Crippen LogP contribution is 2.39. The summed E-state index contributed by atoms with van der Waals surface area (Å²) >= 11 is 0. The first kappa shape index (κ1) is 18.5. The SMILES string of the molecule is CC(C)c1nnc(CNC(=O)C2(c3ccc(F)cc3)CCCCC2)n1C. The van der Waals surface area contributed by atoms with Gasteiger partial charge in [-0.1, -0.05) is 45.2 Å². The molecule has 1 amide bonds. The quantitative estimate of drug-likeness (QED) is 0.888. The summed E-state index contributed by atoms with van der Waals surface area (Å²) in [6.45, 7) is 4.48. The highest BCUT2D eigenvalue weighted by atomic mass is 19.1. The number of aromatic nitrogens is 3. The third-order valence-electron chi connectivity index (χ3n) is 5.46. The summed E-state index contributed by atoms with van der Waals surface area (Å²) in [7, 11) is 1.92. The lowest BCUT2D eigenvalue weighted by Gasteiger charge is -2.36. The second kappa shape index (κ2) is 7.56. The van der Waals surface area contributed by atoms with Gasteiger partial charge >= 0.3 is 0 Å². The van der Waals surface area contributed by atoms with E-state index in [1.54, 1.807) is 12.1 Å². The van der Waals surface area contributed by atoms with Crippen LogP contribution in [0.2, 0.25) is 0 Å². The Morgan fingerprint density at radius 2 is 1.85 bits per heavy atom. The van der Waals surface area contributed by atoms with Crippen LogP contribution in [0.25, 0.3) is 0 Å². The Hall–Kier alpha value is -2.24. The molecule has 1 fully saturated rings. The lowest BCUT2D eigenvalue weighted by Crippen LogP contribution is -2.45. The summed E-state index contributed by atoms with van der Waals surface area (Å²) in [5.41, 5.74) is 0.322. The Morgan fingerprint density at radius 1 is 1.19 bits per heavy atom. The van der Waals surface area contributed by atoms with E-state index in [1.165, 1.54) is 12.1 Å². The molecule has 0 saturated heterocycles. The number of rotatable bonds is 5. The monoisotopic (exact) mass is 358 g/mol. The van der Waals surface area contributed by atoms with Gasteiger partial charge in [0.05, 0.1) is 12.0 Å². The predicted molar refractivity (Wildman–Crippen MR) is 98.1 cm³/mol. The van der Waals surface area contributed by atoms with Crippen molar-refractivity contribution in [3.63, 3.8) is 0 Å². The molecular weight excluding hydrogens is 331 g/mol. The largest absolute Gasteiger partial charge is 0.348 e. The van der Waals surface area contributed by atoms with Gasteiger partial charge in [-0.15, -0.1) is 10.2 Å². The molecule has 26 heavy (non-hydrogen) atoms. The number of amides is 1. The van der Waals surface area contributed by atoms with Gasteiger partial charge in [0.25, 0.3) is 0 Å². The average Bonchev–Trinajstić information content (AvgIpc) is 3.01. The van der Waals surface area contributed by atoms with Crippen LogP contribution in [0.4, 0.5) is 4.39 Å². The van der Waals surface area contributed by atoms with E-state index in [1.807, 2.05) is 11.6 Å². The molecule has 0 bridgehead atoms. The number of hydrogen-bond acceptors (Lipinski definition) is 3. The molecule has 1 N–H and O–H groups in total. The highest BCUT2D eigenvalue weighted by Gasteiger charge is 2.41. The summed E-state index contributed by atoms with van der Waals surface area (Å²) in [4.78, 5) is 13.2. The van der Waals surface area contributed by atoms with E-state index in [9.17, 15) is 9.18 Å². The molecule has 1 saturated carbocycles. The number of benzene rings is 1. The minimum absolute atomic E-state index is 0.00194. The van der Waals surface area contributed by atoms with Crippen LogP contribution in [0.5, 0.6) is 0 Å². The molecule has 6 heteroatoms. The van der Waals surface area contributed by atoms with Gasteiger partial charge in [-0.2, -0.15) is 0 Å². The first-order chi connectivity index (χ1) is 12.4. The average molecular weight is 358 g/mol. The molecule has 0 unspecified atom stereocenters. The second-order valence-corrected chi connectivity index (χ2v) is 7.52. The molecule has 1 heterocycles. The number of hydrogen-bond donors (Lipinski definition) is 1. The van der Waals surface area contributed by atoms with Gasteiger partial charge < -0.3 is 9.88 Å². The van der Waals surface area contributed by atoms with Crippen molar-refractivity contribution in [1.82, 2.24) is 20.1 Å². The standard InChI is InChI=1S/C20H27FN4O/c1-14(2)18-24-23-17(25(18)3)13-22-19(26)20(11-5-4-6-12-20)15-7-9-16(21)10-8-15/h7-10,14H,4-6,11-13H2,1-3H3,(H,22,26). The van der Waals surface area contributed by atoms with Crippen LogP contribution in [-0.4, -0.2) is 20.7 Å². The maximum atomic E-state index is 13.3. The van der Waals surface area contributed by atoms with E-state index >= 15 is 0 Å². The van der Waals surface area contributed by atoms with Crippen LogP contribution in [0.1, 0.15) is 69.1 Å². The van der Waals surface area contributed by atoms with E-state index < -0.39 is 5.41 Å². The normalized spacial score (nSPS) is 16.7. The molecule has 2 aromatic rings. The van der Waals surface area contributed by atoms with E-state index in [0.29, 0.717) is 6.54 Å². The summed E-state index contributed by atoms with van der Waals surface area (Å²) < 4.78 is 15.3. The fourth-order valence-electron chi connectivity index (χ4n) is 3.93. The second-order valence-electron chi connectivity index (χ2n) is 7.52. The summed E-state index contributed by atoms with van der Waals surface area (Å²) in [6.07, 6.45) is 4.73. The predicted octanol–water partition coefficient (Wildman–Crippen LogP) is 3.60. The lowest BCUT2D eigenvalue weighted by molar-refractivity contribution is -0.128. The fraction of sp³-hybridized carbons (Fsp3) is 0.550. The molecule has 1 aromatic heterocycles. The molecule has 140 valence electrons. The number of halogens is 1. The topological polar surface area (TPSA) is 59.8 Å². The highest BCUT2D eigenvalue weighted by molar-refractivity contribution is 5.88. The fourth-order valence-corrected chi connectivity index (χ4v) is 3.93. The molecular formula is C20H27FN4O. The van der Waals surface area contributed by atoms with Gasteiger partial charge in [0.15, 0.2) is 5.82 Å². The van der Waals surface area contributed by atoms with Crippen LogP contribution in [0.3, 0.4) is 0 Å². The van der Waals surface area contributed by atoms with Crippen LogP contribution in [0.15, 0.2) is 24.3 Å². The molecule has 0 radical (unpaired) electrons. The zero-order chi connectivity index (χ0) is 18.7. The Balaban J connectivity index is 1.79. The molecule has 5 nitrogen and oxygen atoms in total. The molecule has 1 aromatic carbocycles. The van der Waals surface area contributed by atoms with E-state index in [4.69, 9.17) is 0 Å². The van der Waals surface area contributed by atoms with Crippen LogP contribution < -0.4 is 5.32 Å². The van der Waals surface area contributed by atoms with Crippen molar-refractivity contribution in [2.75, 3.05) is 0 Å². The van der Waals surface area contributed by atoms with Gasteiger partial charge in [-0.05, 0) is 30.5 Å². The van der Waals surface area contributed by atoms with Gasteiger partial charge in [-0.25, -0.2) is 4.39 Å². The van der Waals surface area contributed by atoms with Crippen molar-refractivity contribution in [1.29, 1.82) is 0 Å². The molecule has 3 rings (SSSR count). The molecule has 0 spiro atoms. The van der Waals surface area contributed by atoms with E-state index in [-0.39, 0.29) is 17.6 Å². The zero-order valence-corrected chi connectivity index (χ0v) is 15.8. The maximum Gasteiger partial charge on any atom is 0.231 e. The Morgan fingerprint density at radius 3 is 2.42 bits per heavy atom. The lowest BCUT2D eigenvalue weighted by atomic mass is 9.68. The number of carbonyl (C=O) groups excluding carboxylic acids is 1. The van der Waals surface area contributed by atoms with Crippen LogP contribution >= 0.6 is 0 Å². The van der Waals surface area contributed by atoms with Crippen molar-refractivity contribution >= 4 is 5.91 Å². The first-order valence-electron chi connectivity index (χ1n) is 9.36. The van der Waals surface area contributed by atoms with Crippen molar-refractivity contribution in [2.24, 2.45) is 7.05 Å². The van der Waals surface area contributed by atoms with Crippen molar-refractivity contribution in [3.05, 3.63) is 47.3 Å². The molecule has 0 atom stereocenters. The zero-order valence-electron chi connectivity index (χ0n) is 15.8. The Labute approximate surface area is 154 Å². The minimum Gasteiger partial charge on any atom is -0.348 e. The number of nitrogens with zero attached hydrogens (tertiary/aromatic N) is 3. The van der Waals surface area contributed by atoms with Crippen molar-refractivity contribution in [2.45, 2.75) is 63.8 Å².